The maximum Gasteiger partial charge on any atom is 0.270 e. The van der Waals surface area contributed by atoms with Crippen molar-refractivity contribution in [2.24, 2.45) is 0 Å². The molecular formula is C23H20ClN3O3S2. The Morgan fingerprint density at radius 1 is 1.19 bits per heavy atom. The molecule has 0 spiro atoms. The SMILES string of the molecule is Cc1cc(C(=O)CSc2nc3ccc([N+](=O)[O-])cc3s2)c(C)n1CCc1ccc(Cl)cc1. The van der Waals surface area contributed by atoms with Gasteiger partial charge in [0.05, 0.1) is 20.9 Å². The molecule has 9 heteroatoms. The lowest BCUT2D eigenvalue weighted by Crippen LogP contribution is -2.08. The van der Waals surface area contributed by atoms with E-state index in [9.17, 15) is 14.9 Å². The van der Waals surface area contributed by atoms with Crippen LogP contribution in [0.1, 0.15) is 27.3 Å². The first-order valence-electron chi connectivity index (χ1n) is 9.94. The van der Waals surface area contributed by atoms with Crippen LogP contribution in [0.4, 0.5) is 5.69 Å². The van der Waals surface area contributed by atoms with Crippen LogP contribution < -0.4 is 0 Å². The normalized spacial score (nSPS) is 11.2. The molecule has 0 atom stereocenters. The number of aryl methyl sites for hydroxylation is 2. The number of fused-ring (bicyclic) bond motifs is 1. The largest absolute Gasteiger partial charge is 0.348 e. The molecule has 0 unspecified atom stereocenters. The summed E-state index contributed by atoms with van der Waals surface area (Å²) in [6, 6.07) is 14.4. The van der Waals surface area contributed by atoms with Gasteiger partial charge in [0.25, 0.3) is 5.69 Å². The van der Waals surface area contributed by atoms with E-state index in [1.165, 1.54) is 40.8 Å². The van der Waals surface area contributed by atoms with Gasteiger partial charge in [-0.2, -0.15) is 0 Å². The topological polar surface area (TPSA) is 78.0 Å². The standard InChI is InChI=1S/C23H20ClN3O3S2/c1-14-11-19(15(2)26(14)10-9-16-3-5-17(24)6-4-16)21(28)13-31-23-25-20-8-7-18(27(29)30)12-22(20)32-23/h3-8,11-12H,9-10,13H2,1-2H3. The zero-order chi connectivity index (χ0) is 22.8. The number of ketones is 1. The number of rotatable bonds is 8. The van der Waals surface area contributed by atoms with Crippen LogP contribution in [0.25, 0.3) is 10.2 Å². The molecule has 2 heterocycles. The number of carbonyl (C=O) groups is 1. The van der Waals surface area contributed by atoms with Gasteiger partial charge in [0, 0.05) is 40.7 Å². The number of benzene rings is 2. The first-order chi connectivity index (χ1) is 15.3. The Balaban J connectivity index is 1.43. The van der Waals surface area contributed by atoms with E-state index in [2.05, 4.69) is 9.55 Å². The highest BCUT2D eigenvalue weighted by atomic mass is 35.5. The number of nitro groups is 1. The number of hydrogen-bond donors (Lipinski definition) is 0. The zero-order valence-corrected chi connectivity index (χ0v) is 19.9. The van der Waals surface area contributed by atoms with Gasteiger partial charge in [0.15, 0.2) is 10.1 Å². The Kier molecular flexibility index (Phi) is 6.64. The molecule has 32 heavy (non-hydrogen) atoms. The second-order valence-electron chi connectivity index (χ2n) is 7.41. The average Bonchev–Trinajstić information content (AvgIpc) is 3.31. The van der Waals surface area contributed by atoms with Gasteiger partial charge in [-0.15, -0.1) is 11.3 Å². The van der Waals surface area contributed by atoms with Crippen LogP contribution in [0.15, 0.2) is 52.9 Å². The fraction of sp³-hybridized carbons (Fsp3) is 0.217. The minimum absolute atomic E-state index is 0.0415. The number of Topliss-reactive ketones (excluding diaryl/α,β-unsaturated/α-hetero) is 1. The van der Waals surface area contributed by atoms with Gasteiger partial charge in [-0.05, 0) is 50.1 Å². The van der Waals surface area contributed by atoms with E-state index in [4.69, 9.17) is 11.6 Å². The van der Waals surface area contributed by atoms with Crippen molar-refractivity contribution in [3.63, 3.8) is 0 Å². The van der Waals surface area contributed by atoms with Gasteiger partial charge in [0.2, 0.25) is 0 Å². The Morgan fingerprint density at radius 2 is 1.94 bits per heavy atom. The highest BCUT2D eigenvalue weighted by Gasteiger charge is 2.17. The third kappa shape index (κ3) is 4.87. The van der Waals surface area contributed by atoms with Crippen molar-refractivity contribution < 1.29 is 9.72 Å². The molecule has 0 fully saturated rings. The smallest absolute Gasteiger partial charge is 0.270 e. The molecule has 4 aromatic rings. The number of aromatic nitrogens is 2. The van der Waals surface area contributed by atoms with E-state index in [1.54, 1.807) is 6.07 Å². The Hall–Kier alpha value is -2.68. The number of hydrogen-bond acceptors (Lipinski definition) is 6. The molecule has 0 aliphatic rings. The molecule has 0 amide bonds. The lowest BCUT2D eigenvalue weighted by molar-refractivity contribution is -0.384. The monoisotopic (exact) mass is 485 g/mol. The predicted molar refractivity (Wildman–Crippen MR) is 130 cm³/mol. The van der Waals surface area contributed by atoms with Crippen molar-refractivity contribution in [2.75, 3.05) is 5.75 Å². The van der Waals surface area contributed by atoms with Gasteiger partial charge in [-0.1, -0.05) is 35.5 Å². The Morgan fingerprint density at radius 3 is 2.66 bits per heavy atom. The van der Waals surface area contributed by atoms with Crippen LogP contribution >= 0.6 is 34.7 Å². The zero-order valence-electron chi connectivity index (χ0n) is 17.5. The van der Waals surface area contributed by atoms with E-state index < -0.39 is 4.92 Å². The van der Waals surface area contributed by atoms with Crippen LogP contribution in [0.2, 0.25) is 5.02 Å². The molecule has 2 aromatic heterocycles. The van der Waals surface area contributed by atoms with Gasteiger partial charge < -0.3 is 4.57 Å². The number of nitrogens with zero attached hydrogens (tertiary/aromatic N) is 3. The average molecular weight is 486 g/mol. The quantitative estimate of drug-likeness (QED) is 0.123. The first kappa shape index (κ1) is 22.5. The van der Waals surface area contributed by atoms with Gasteiger partial charge in [0.1, 0.15) is 0 Å². The van der Waals surface area contributed by atoms with Crippen molar-refractivity contribution >= 4 is 56.4 Å². The molecule has 4 rings (SSSR count). The molecule has 0 N–H and O–H groups in total. The highest BCUT2D eigenvalue weighted by molar-refractivity contribution is 8.01. The van der Waals surface area contributed by atoms with E-state index in [-0.39, 0.29) is 17.2 Å². The maximum atomic E-state index is 12.9. The molecule has 0 aliphatic carbocycles. The molecule has 2 aromatic carbocycles. The fourth-order valence-corrected chi connectivity index (χ4v) is 5.70. The highest BCUT2D eigenvalue weighted by Crippen LogP contribution is 2.32. The Labute approximate surface area is 198 Å². The summed E-state index contributed by atoms with van der Waals surface area (Å²) in [5.74, 6) is 0.315. The van der Waals surface area contributed by atoms with Crippen LogP contribution in [-0.2, 0) is 13.0 Å². The molecule has 0 aliphatic heterocycles. The predicted octanol–water partition coefficient (Wildman–Crippen LogP) is 6.49. The summed E-state index contributed by atoms with van der Waals surface area (Å²) in [4.78, 5) is 27.9. The lowest BCUT2D eigenvalue weighted by Gasteiger charge is -2.10. The van der Waals surface area contributed by atoms with Gasteiger partial charge in [-0.3, -0.25) is 14.9 Å². The minimum atomic E-state index is -0.418. The van der Waals surface area contributed by atoms with Crippen molar-refractivity contribution in [3.05, 3.63) is 86.2 Å². The van der Waals surface area contributed by atoms with Crippen molar-refractivity contribution in [1.29, 1.82) is 0 Å². The third-order valence-corrected chi connectivity index (χ3v) is 7.71. The maximum absolute atomic E-state index is 12.9. The molecule has 6 nitrogen and oxygen atoms in total. The van der Waals surface area contributed by atoms with Gasteiger partial charge in [-0.25, -0.2) is 4.98 Å². The number of carbonyl (C=O) groups excluding carboxylic acids is 1. The van der Waals surface area contributed by atoms with Crippen LogP contribution in [0, 0.1) is 24.0 Å². The summed E-state index contributed by atoms with van der Waals surface area (Å²) in [5.41, 5.74) is 4.68. The van der Waals surface area contributed by atoms with Crippen LogP contribution in [0.3, 0.4) is 0 Å². The van der Waals surface area contributed by atoms with E-state index in [0.29, 0.717) is 5.52 Å². The summed E-state index contributed by atoms with van der Waals surface area (Å²) < 4.78 is 3.64. The molecular weight excluding hydrogens is 466 g/mol. The van der Waals surface area contributed by atoms with Crippen molar-refractivity contribution in [1.82, 2.24) is 9.55 Å². The van der Waals surface area contributed by atoms with E-state index in [1.807, 2.05) is 44.2 Å². The van der Waals surface area contributed by atoms with Crippen molar-refractivity contribution in [2.45, 2.75) is 31.2 Å². The fourth-order valence-electron chi connectivity index (χ4n) is 3.59. The molecule has 164 valence electrons. The summed E-state index contributed by atoms with van der Waals surface area (Å²) in [6.45, 7) is 4.78. The molecule has 0 bridgehead atoms. The molecule has 0 saturated carbocycles. The van der Waals surface area contributed by atoms with Crippen molar-refractivity contribution in [3.8, 4) is 0 Å². The molecule has 0 radical (unpaired) electrons. The van der Waals surface area contributed by atoms with E-state index in [0.717, 1.165) is 44.0 Å². The van der Waals surface area contributed by atoms with Crippen LogP contribution in [0.5, 0.6) is 0 Å². The third-order valence-electron chi connectivity index (χ3n) is 5.30. The summed E-state index contributed by atoms with van der Waals surface area (Å²) in [7, 11) is 0. The number of nitro benzene ring substituents is 1. The summed E-state index contributed by atoms with van der Waals surface area (Å²) in [6.07, 6.45) is 0.855. The van der Waals surface area contributed by atoms with Crippen LogP contribution in [-0.4, -0.2) is 26.0 Å². The van der Waals surface area contributed by atoms with Gasteiger partial charge >= 0.3 is 0 Å². The summed E-state index contributed by atoms with van der Waals surface area (Å²) in [5, 5.41) is 11.7. The number of thioether (sulfide) groups is 1. The molecule has 0 saturated heterocycles. The number of non-ortho nitro benzene ring substituents is 1. The lowest BCUT2D eigenvalue weighted by atomic mass is 10.1. The minimum Gasteiger partial charge on any atom is -0.348 e. The Bertz CT molecular complexity index is 1310. The summed E-state index contributed by atoms with van der Waals surface area (Å²) >= 11 is 8.69. The second-order valence-corrected chi connectivity index (χ2v) is 10.1. The van der Waals surface area contributed by atoms with E-state index >= 15 is 0 Å². The second kappa shape index (κ2) is 9.44. The number of halogens is 1. The number of thiazole rings is 1. The first-order valence-corrected chi connectivity index (χ1v) is 12.1.